The van der Waals surface area contributed by atoms with E-state index in [0.717, 1.165) is 18.4 Å². The summed E-state index contributed by atoms with van der Waals surface area (Å²) in [6.07, 6.45) is 4.94. The number of ketones is 1. The molecule has 3 N–H and O–H groups in total. The Morgan fingerprint density at radius 3 is 2.66 bits per heavy atom. The largest absolute Gasteiger partial charge is 0.384 e. The molecular formula is C18H19N7O3S. The van der Waals surface area contributed by atoms with Crippen molar-refractivity contribution in [3.8, 4) is 11.4 Å². The van der Waals surface area contributed by atoms with Crippen LogP contribution in [0.15, 0.2) is 39.3 Å². The van der Waals surface area contributed by atoms with E-state index in [0.29, 0.717) is 17.5 Å². The number of rotatable bonds is 7. The van der Waals surface area contributed by atoms with Crippen molar-refractivity contribution in [3.05, 3.63) is 50.9 Å². The second-order valence-corrected chi connectivity index (χ2v) is 7.56. The van der Waals surface area contributed by atoms with Crippen molar-refractivity contribution < 1.29 is 4.79 Å². The lowest BCUT2D eigenvalue weighted by atomic mass is 10.2. The summed E-state index contributed by atoms with van der Waals surface area (Å²) in [4.78, 5) is 43.1. The van der Waals surface area contributed by atoms with Crippen LogP contribution in [-0.4, -0.2) is 40.8 Å². The number of carbonyl (C=O) groups excluding carboxylic acids is 1. The fourth-order valence-corrected chi connectivity index (χ4v) is 4.00. The quantitative estimate of drug-likeness (QED) is 0.433. The topological polar surface area (TPSA) is 142 Å². The van der Waals surface area contributed by atoms with E-state index in [4.69, 9.17) is 5.73 Å². The number of anilines is 1. The van der Waals surface area contributed by atoms with Crippen LogP contribution in [0.2, 0.25) is 0 Å². The maximum Gasteiger partial charge on any atom is 0.330 e. The molecule has 150 valence electrons. The molecule has 1 fully saturated rings. The Balaban J connectivity index is 1.59. The summed E-state index contributed by atoms with van der Waals surface area (Å²) in [6.45, 7) is 2.56. The van der Waals surface area contributed by atoms with Crippen molar-refractivity contribution in [1.82, 2.24) is 29.3 Å². The second-order valence-electron chi connectivity index (χ2n) is 6.62. The van der Waals surface area contributed by atoms with Gasteiger partial charge in [0.25, 0.3) is 5.56 Å². The molecule has 1 aliphatic rings. The monoisotopic (exact) mass is 413 g/mol. The van der Waals surface area contributed by atoms with Gasteiger partial charge in [-0.05, 0) is 31.9 Å². The molecule has 3 heterocycles. The first-order valence-corrected chi connectivity index (χ1v) is 10.1. The molecule has 0 bridgehead atoms. The summed E-state index contributed by atoms with van der Waals surface area (Å²) in [5.74, 6) is 0.0926. The van der Waals surface area contributed by atoms with E-state index in [-0.39, 0.29) is 23.2 Å². The van der Waals surface area contributed by atoms with Crippen LogP contribution in [0.5, 0.6) is 0 Å². The number of aromatic amines is 1. The van der Waals surface area contributed by atoms with Crippen LogP contribution >= 0.6 is 11.8 Å². The summed E-state index contributed by atoms with van der Waals surface area (Å²) in [7, 11) is 0. The van der Waals surface area contributed by atoms with Gasteiger partial charge in [-0.3, -0.25) is 24.1 Å². The first kappa shape index (κ1) is 19.1. The highest BCUT2D eigenvalue weighted by Gasteiger charge is 2.30. The van der Waals surface area contributed by atoms with Gasteiger partial charge in [-0.15, -0.1) is 10.2 Å². The minimum Gasteiger partial charge on any atom is -0.384 e. The van der Waals surface area contributed by atoms with Gasteiger partial charge in [0.2, 0.25) is 0 Å². The van der Waals surface area contributed by atoms with Crippen molar-refractivity contribution >= 4 is 23.4 Å². The molecular weight excluding hydrogens is 394 g/mol. The summed E-state index contributed by atoms with van der Waals surface area (Å²) in [5.41, 5.74) is 5.35. The van der Waals surface area contributed by atoms with Crippen LogP contribution in [0.25, 0.3) is 11.4 Å². The van der Waals surface area contributed by atoms with E-state index in [1.807, 2.05) is 23.6 Å². The van der Waals surface area contributed by atoms with Crippen LogP contribution < -0.4 is 17.0 Å². The molecule has 0 saturated heterocycles. The Kier molecular flexibility index (Phi) is 5.05. The minimum absolute atomic E-state index is 0.0510. The standard InChI is InChI=1S/C18H19N7O3S/c1-2-24-15(10-5-7-20-8-6-10)22-23-18(24)29-9-12(26)13-14(19)25(11-3-4-11)17(28)21-16(13)27/h5-8,11H,2-4,9,19H2,1H3,(H,21,27,28). The molecule has 0 amide bonds. The number of pyridine rings is 1. The number of nitrogen functional groups attached to an aromatic ring is 1. The van der Waals surface area contributed by atoms with Gasteiger partial charge in [0.1, 0.15) is 11.4 Å². The number of nitrogens with one attached hydrogen (secondary N) is 1. The zero-order chi connectivity index (χ0) is 20.5. The number of hydrogen-bond donors (Lipinski definition) is 2. The molecule has 3 aromatic rings. The highest BCUT2D eigenvalue weighted by Crippen LogP contribution is 2.35. The predicted octanol–water partition coefficient (Wildman–Crippen LogP) is 1.10. The molecule has 11 heteroatoms. The second kappa shape index (κ2) is 7.66. The SMILES string of the molecule is CCn1c(SCC(=O)c2c(N)n(C3CC3)c(=O)[nH]c2=O)nnc1-c1ccncc1. The zero-order valence-corrected chi connectivity index (χ0v) is 16.5. The van der Waals surface area contributed by atoms with E-state index in [2.05, 4.69) is 20.2 Å². The van der Waals surface area contributed by atoms with Crippen molar-refractivity contribution in [2.45, 2.75) is 37.5 Å². The van der Waals surface area contributed by atoms with Gasteiger partial charge in [0, 0.05) is 30.5 Å². The van der Waals surface area contributed by atoms with E-state index in [1.165, 1.54) is 16.3 Å². The molecule has 1 aliphatic carbocycles. The minimum atomic E-state index is -0.760. The van der Waals surface area contributed by atoms with Crippen molar-refractivity contribution in [2.24, 2.45) is 0 Å². The van der Waals surface area contributed by atoms with Crippen LogP contribution in [0.3, 0.4) is 0 Å². The molecule has 0 spiro atoms. The molecule has 0 aromatic carbocycles. The number of nitrogens with zero attached hydrogens (tertiary/aromatic N) is 5. The summed E-state index contributed by atoms with van der Waals surface area (Å²) >= 11 is 1.17. The fourth-order valence-electron chi connectivity index (χ4n) is 3.13. The highest BCUT2D eigenvalue weighted by molar-refractivity contribution is 7.99. The van der Waals surface area contributed by atoms with Gasteiger partial charge in [-0.1, -0.05) is 11.8 Å². The fraction of sp³-hybridized carbons (Fsp3) is 0.333. The molecule has 4 rings (SSSR count). The first-order valence-electron chi connectivity index (χ1n) is 9.15. The Morgan fingerprint density at radius 2 is 2.00 bits per heavy atom. The van der Waals surface area contributed by atoms with E-state index < -0.39 is 17.0 Å². The van der Waals surface area contributed by atoms with Gasteiger partial charge in [-0.2, -0.15) is 0 Å². The number of H-pyrrole nitrogens is 1. The van der Waals surface area contributed by atoms with Crippen molar-refractivity contribution in [3.63, 3.8) is 0 Å². The van der Waals surface area contributed by atoms with Gasteiger partial charge >= 0.3 is 5.69 Å². The molecule has 0 atom stereocenters. The third-order valence-corrected chi connectivity index (χ3v) is 5.64. The summed E-state index contributed by atoms with van der Waals surface area (Å²) in [5, 5.41) is 8.94. The number of hydrogen-bond acceptors (Lipinski definition) is 8. The Labute approximate surface area is 169 Å². The Hall–Kier alpha value is -3.21. The third-order valence-electron chi connectivity index (χ3n) is 4.68. The van der Waals surface area contributed by atoms with E-state index in [1.54, 1.807) is 12.4 Å². The van der Waals surface area contributed by atoms with Crippen molar-refractivity contribution in [2.75, 3.05) is 11.5 Å². The van der Waals surface area contributed by atoms with Crippen molar-refractivity contribution in [1.29, 1.82) is 0 Å². The van der Waals surface area contributed by atoms with Crippen LogP contribution in [0.4, 0.5) is 5.82 Å². The van der Waals surface area contributed by atoms with Gasteiger partial charge in [0.15, 0.2) is 16.8 Å². The molecule has 29 heavy (non-hydrogen) atoms. The maximum atomic E-state index is 12.7. The van der Waals surface area contributed by atoms with Gasteiger partial charge in [-0.25, -0.2) is 4.79 Å². The predicted molar refractivity (Wildman–Crippen MR) is 108 cm³/mol. The number of aromatic nitrogens is 6. The van der Waals surface area contributed by atoms with E-state index in [9.17, 15) is 14.4 Å². The molecule has 1 saturated carbocycles. The lowest BCUT2D eigenvalue weighted by molar-refractivity contribution is 0.102. The lowest BCUT2D eigenvalue weighted by Gasteiger charge is -2.11. The average Bonchev–Trinajstić information content (AvgIpc) is 3.44. The molecule has 10 nitrogen and oxygen atoms in total. The lowest BCUT2D eigenvalue weighted by Crippen LogP contribution is -2.36. The summed E-state index contributed by atoms with van der Waals surface area (Å²) in [6, 6.07) is 3.61. The van der Waals surface area contributed by atoms with Crippen LogP contribution in [0.1, 0.15) is 36.2 Å². The highest BCUT2D eigenvalue weighted by atomic mass is 32.2. The number of carbonyl (C=O) groups is 1. The van der Waals surface area contributed by atoms with Crippen LogP contribution in [-0.2, 0) is 6.54 Å². The maximum absolute atomic E-state index is 12.7. The Bertz CT molecular complexity index is 1180. The first-order chi connectivity index (χ1) is 14.0. The molecule has 0 radical (unpaired) electrons. The molecule has 0 aliphatic heterocycles. The normalized spacial score (nSPS) is 13.6. The number of Topliss-reactive ketones (excluding diaryl/α,β-unsaturated/α-hetero) is 1. The number of thioether (sulfide) groups is 1. The number of nitrogens with two attached hydrogens (primary N) is 1. The van der Waals surface area contributed by atoms with Gasteiger partial charge in [0.05, 0.1) is 5.75 Å². The van der Waals surface area contributed by atoms with Gasteiger partial charge < -0.3 is 10.3 Å². The van der Waals surface area contributed by atoms with Crippen LogP contribution in [0, 0.1) is 0 Å². The smallest absolute Gasteiger partial charge is 0.330 e. The van der Waals surface area contributed by atoms with E-state index >= 15 is 0 Å². The molecule has 0 unspecified atom stereocenters. The summed E-state index contributed by atoms with van der Waals surface area (Å²) < 4.78 is 3.18. The zero-order valence-electron chi connectivity index (χ0n) is 15.7. The molecule has 3 aromatic heterocycles. The Morgan fingerprint density at radius 1 is 1.28 bits per heavy atom. The average molecular weight is 413 g/mol. The third kappa shape index (κ3) is 3.60.